The van der Waals surface area contributed by atoms with Crippen LogP contribution in [0.3, 0.4) is 0 Å². The number of rotatable bonds is 3. The van der Waals surface area contributed by atoms with Crippen molar-refractivity contribution < 1.29 is 13.2 Å². The summed E-state index contributed by atoms with van der Waals surface area (Å²) < 4.78 is 38.2. The van der Waals surface area contributed by atoms with Crippen LogP contribution in [0, 0.1) is 0 Å². The predicted molar refractivity (Wildman–Crippen MR) is 69.5 cm³/mol. The molecule has 2 aromatic heterocycles. The van der Waals surface area contributed by atoms with Crippen LogP contribution in [0.2, 0.25) is 5.02 Å². The minimum absolute atomic E-state index is 0.129. The van der Waals surface area contributed by atoms with Crippen molar-refractivity contribution in [3.05, 3.63) is 28.4 Å². The van der Waals surface area contributed by atoms with Crippen molar-refractivity contribution in [1.29, 1.82) is 0 Å². The van der Waals surface area contributed by atoms with Crippen molar-refractivity contribution in [2.24, 2.45) is 0 Å². The van der Waals surface area contributed by atoms with Crippen LogP contribution in [0.5, 0.6) is 0 Å². The summed E-state index contributed by atoms with van der Waals surface area (Å²) in [5, 5.41) is 4.82. The molecule has 2 aromatic rings. The zero-order chi connectivity index (χ0) is 14.0. The van der Waals surface area contributed by atoms with E-state index in [-0.39, 0.29) is 11.5 Å². The molecule has 0 aliphatic carbocycles. The van der Waals surface area contributed by atoms with Gasteiger partial charge < -0.3 is 5.32 Å². The van der Waals surface area contributed by atoms with E-state index >= 15 is 0 Å². The number of thiophene rings is 1. The first-order valence-corrected chi connectivity index (χ1v) is 6.61. The highest BCUT2D eigenvalue weighted by atomic mass is 35.5. The molecule has 0 bridgehead atoms. The van der Waals surface area contributed by atoms with Gasteiger partial charge in [-0.1, -0.05) is 11.6 Å². The average Bonchev–Trinajstić information content (AvgIpc) is 2.74. The minimum Gasteiger partial charge on any atom is -0.370 e. The van der Waals surface area contributed by atoms with Gasteiger partial charge in [0.2, 0.25) is 5.82 Å². The van der Waals surface area contributed by atoms with Crippen LogP contribution >= 0.6 is 22.9 Å². The molecule has 2 heterocycles. The van der Waals surface area contributed by atoms with E-state index in [0.29, 0.717) is 16.4 Å². The van der Waals surface area contributed by atoms with Gasteiger partial charge >= 0.3 is 6.18 Å². The molecule has 0 atom stereocenters. The molecule has 0 saturated carbocycles. The summed E-state index contributed by atoms with van der Waals surface area (Å²) in [6, 6.07) is 3.07. The highest BCUT2D eigenvalue weighted by Crippen LogP contribution is 2.35. The lowest BCUT2D eigenvalue weighted by atomic mass is 10.3. The number of nitrogens with one attached hydrogen (secondary N) is 1. The number of nitrogens with zero attached hydrogens (tertiary/aromatic N) is 2. The van der Waals surface area contributed by atoms with E-state index in [1.165, 1.54) is 17.4 Å². The van der Waals surface area contributed by atoms with Crippen molar-refractivity contribution in [1.82, 2.24) is 9.97 Å². The van der Waals surface area contributed by atoms with Crippen molar-refractivity contribution in [3.8, 4) is 10.6 Å². The van der Waals surface area contributed by atoms with Crippen molar-refractivity contribution in [3.63, 3.8) is 0 Å². The third kappa shape index (κ3) is 3.16. The van der Waals surface area contributed by atoms with E-state index in [1.807, 2.05) is 0 Å². The Morgan fingerprint density at radius 2 is 2.11 bits per heavy atom. The zero-order valence-corrected chi connectivity index (χ0v) is 11.3. The standard InChI is InChI=1S/C11H9ClF3N3S/c1-2-16-8-5-7(9-6(12)3-4-19-9)17-10(18-8)11(13,14)15/h3-5H,2H2,1H3,(H,16,17,18). The topological polar surface area (TPSA) is 37.8 Å². The van der Waals surface area contributed by atoms with Crippen LogP contribution in [0.1, 0.15) is 12.7 Å². The van der Waals surface area contributed by atoms with Gasteiger partial charge in [-0.2, -0.15) is 13.2 Å². The number of hydrogen-bond acceptors (Lipinski definition) is 4. The fraction of sp³-hybridized carbons (Fsp3) is 0.273. The van der Waals surface area contributed by atoms with E-state index in [0.717, 1.165) is 0 Å². The third-order valence-electron chi connectivity index (χ3n) is 2.19. The second-order valence-electron chi connectivity index (χ2n) is 3.59. The van der Waals surface area contributed by atoms with Crippen LogP contribution in [0.15, 0.2) is 17.5 Å². The average molecular weight is 308 g/mol. The monoisotopic (exact) mass is 307 g/mol. The summed E-state index contributed by atoms with van der Waals surface area (Å²) in [5.74, 6) is -1.05. The lowest BCUT2D eigenvalue weighted by molar-refractivity contribution is -0.144. The number of aromatic nitrogens is 2. The third-order valence-corrected chi connectivity index (χ3v) is 3.55. The summed E-state index contributed by atoms with van der Waals surface area (Å²) in [6.45, 7) is 2.24. The first-order chi connectivity index (χ1) is 8.91. The maximum atomic E-state index is 12.7. The Morgan fingerprint density at radius 3 is 2.63 bits per heavy atom. The van der Waals surface area contributed by atoms with E-state index in [2.05, 4.69) is 15.3 Å². The molecule has 8 heteroatoms. The SMILES string of the molecule is CCNc1cc(-c2sccc2Cl)nc(C(F)(F)F)n1. The van der Waals surface area contributed by atoms with E-state index < -0.39 is 12.0 Å². The Labute approximate surface area is 116 Å². The number of hydrogen-bond donors (Lipinski definition) is 1. The summed E-state index contributed by atoms with van der Waals surface area (Å²) in [5.41, 5.74) is 0.165. The van der Waals surface area contributed by atoms with Crippen LogP contribution in [0.25, 0.3) is 10.6 Å². The number of halogens is 4. The second-order valence-corrected chi connectivity index (χ2v) is 4.91. The first kappa shape index (κ1) is 14.1. The minimum atomic E-state index is -4.59. The molecule has 0 aromatic carbocycles. The van der Waals surface area contributed by atoms with Gasteiger partial charge in [0.1, 0.15) is 5.82 Å². The van der Waals surface area contributed by atoms with Gasteiger partial charge in [0.15, 0.2) is 0 Å². The molecule has 0 unspecified atom stereocenters. The van der Waals surface area contributed by atoms with Gasteiger partial charge in [-0.25, -0.2) is 9.97 Å². The van der Waals surface area contributed by atoms with Gasteiger partial charge in [0.25, 0.3) is 0 Å². The Hall–Kier alpha value is -1.34. The van der Waals surface area contributed by atoms with Crippen LogP contribution in [0.4, 0.5) is 19.0 Å². The largest absolute Gasteiger partial charge is 0.451 e. The van der Waals surface area contributed by atoms with Crippen LogP contribution in [-0.2, 0) is 6.18 Å². The van der Waals surface area contributed by atoms with Gasteiger partial charge in [0.05, 0.1) is 15.6 Å². The quantitative estimate of drug-likeness (QED) is 0.918. The molecule has 1 N–H and O–H groups in total. The molecule has 0 saturated heterocycles. The summed E-state index contributed by atoms with van der Waals surface area (Å²) in [7, 11) is 0. The fourth-order valence-electron chi connectivity index (χ4n) is 1.44. The normalized spacial score (nSPS) is 11.6. The maximum absolute atomic E-state index is 12.7. The van der Waals surface area contributed by atoms with Crippen molar-refractivity contribution >= 4 is 28.8 Å². The summed E-state index contributed by atoms with van der Waals surface area (Å²) in [4.78, 5) is 7.48. The zero-order valence-electron chi connectivity index (χ0n) is 9.75. The Kier molecular flexibility index (Phi) is 3.96. The predicted octanol–water partition coefficient (Wildman–Crippen LogP) is 4.31. The smallest absolute Gasteiger partial charge is 0.370 e. The van der Waals surface area contributed by atoms with Gasteiger partial charge in [-0.15, -0.1) is 11.3 Å². The Morgan fingerprint density at radius 1 is 1.37 bits per heavy atom. The number of anilines is 1. The van der Waals surface area contributed by atoms with E-state index in [1.54, 1.807) is 18.4 Å². The molecule has 0 aliphatic heterocycles. The molecule has 0 radical (unpaired) electrons. The van der Waals surface area contributed by atoms with Crippen LogP contribution in [-0.4, -0.2) is 16.5 Å². The van der Waals surface area contributed by atoms with Crippen molar-refractivity contribution in [2.75, 3.05) is 11.9 Å². The maximum Gasteiger partial charge on any atom is 0.451 e. The van der Waals surface area contributed by atoms with Crippen molar-refractivity contribution in [2.45, 2.75) is 13.1 Å². The van der Waals surface area contributed by atoms with E-state index in [4.69, 9.17) is 11.6 Å². The molecule has 0 amide bonds. The molecular formula is C11H9ClF3N3S. The molecule has 0 aliphatic rings. The summed E-state index contributed by atoms with van der Waals surface area (Å²) >= 11 is 7.15. The lowest BCUT2D eigenvalue weighted by Gasteiger charge is -2.10. The highest BCUT2D eigenvalue weighted by Gasteiger charge is 2.35. The first-order valence-electron chi connectivity index (χ1n) is 5.35. The van der Waals surface area contributed by atoms with Gasteiger partial charge in [-0.05, 0) is 18.4 Å². The molecule has 102 valence electrons. The molecule has 3 nitrogen and oxygen atoms in total. The number of alkyl halides is 3. The molecule has 0 fully saturated rings. The van der Waals surface area contributed by atoms with Gasteiger partial charge in [-0.3, -0.25) is 0 Å². The molecule has 0 spiro atoms. The van der Waals surface area contributed by atoms with E-state index in [9.17, 15) is 13.2 Å². The van der Waals surface area contributed by atoms with Crippen LogP contribution < -0.4 is 5.32 Å². The fourth-order valence-corrected chi connectivity index (χ4v) is 2.55. The Balaban J connectivity index is 2.55. The van der Waals surface area contributed by atoms with Gasteiger partial charge in [0, 0.05) is 12.6 Å². The Bertz CT molecular complexity index is 583. The lowest BCUT2D eigenvalue weighted by Crippen LogP contribution is -2.13. The second kappa shape index (κ2) is 5.34. The molecule has 2 rings (SSSR count). The summed E-state index contributed by atoms with van der Waals surface area (Å²) in [6.07, 6.45) is -4.59. The molecule has 19 heavy (non-hydrogen) atoms. The molecular weight excluding hydrogens is 299 g/mol. The highest BCUT2D eigenvalue weighted by molar-refractivity contribution is 7.14.